The Kier molecular flexibility index (Phi) is 5.38. The summed E-state index contributed by atoms with van der Waals surface area (Å²) in [6.45, 7) is 5.91. The normalized spacial score (nSPS) is 17.6. The summed E-state index contributed by atoms with van der Waals surface area (Å²) in [5.41, 5.74) is 4.30. The maximum Gasteiger partial charge on any atom is 0.225 e. The number of carbonyl (C=O) groups is 1. The number of hydrogen-bond acceptors (Lipinski definition) is 4. The van der Waals surface area contributed by atoms with Crippen LogP contribution in [0.15, 0.2) is 24.3 Å². The Balaban J connectivity index is 1.56. The molecule has 1 aliphatic rings. The van der Waals surface area contributed by atoms with Crippen molar-refractivity contribution in [1.29, 1.82) is 0 Å². The first-order valence-electron chi connectivity index (χ1n) is 8.78. The van der Waals surface area contributed by atoms with Gasteiger partial charge in [-0.1, -0.05) is 0 Å². The molecule has 1 aromatic heterocycles. The number of benzene rings is 1. The number of nitrogens with one attached hydrogen (secondary N) is 2. The molecule has 1 aromatic carbocycles. The van der Waals surface area contributed by atoms with Crippen LogP contribution in [0.3, 0.4) is 0 Å². The molecule has 2 N–H and O–H groups in total. The summed E-state index contributed by atoms with van der Waals surface area (Å²) in [4.78, 5) is 14.7. The van der Waals surface area contributed by atoms with Crippen molar-refractivity contribution in [3.05, 3.63) is 41.2 Å². The summed E-state index contributed by atoms with van der Waals surface area (Å²) >= 11 is 0. The zero-order chi connectivity index (χ0) is 17.8. The van der Waals surface area contributed by atoms with Gasteiger partial charge in [0, 0.05) is 36.0 Å². The number of hydrogen-bond donors (Lipinski definition) is 2. The van der Waals surface area contributed by atoms with Gasteiger partial charge < -0.3 is 10.1 Å². The van der Waals surface area contributed by atoms with Crippen molar-refractivity contribution in [2.45, 2.75) is 39.2 Å². The Labute approximate surface area is 148 Å². The Bertz CT molecular complexity index is 704. The van der Waals surface area contributed by atoms with Gasteiger partial charge in [-0.15, -0.1) is 0 Å². The van der Waals surface area contributed by atoms with Crippen LogP contribution in [0.2, 0.25) is 0 Å². The van der Waals surface area contributed by atoms with E-state index in [0.717, 1.165) is 48.8 Å². The zero-order valence-corrected chi connectivity index (χ0v) is 15.1. The van der Waals surface area contributed by atoms with Gasteiger partial charge in [-0.2, -0.15) is 5.10 Å². The maximum atomic E-state index is 12.3. The van der Waals surface area contributed by atoms with Gasteiger partial charge in [-0.05, 0) is 57.5 Å². The smallest absolute Gasteiger partial charge is 0.225 e. The predicted octanol–water partition coefficient (Wildman–Crippen LogP) is 3.20. The van der Waals surface area contributed by atoms with Crippen molar-refractivity contribution in [2.75, 3.05) is 25.5 Å². The van der Waals surface area contributed by atoms with Crippen LogP contribution < -0.4 is 10.1 Å². The minimum Gasteiger partial charge on any atom is -0.497 e. The summed E-state index contributed by atoms with van der Waals surface area (Å²) in [6.07, 6.45) is 2.77. The Morgan fingerprint density at radius 3 is 2.76 bits per heavy atom. The highest BCUT2D eigenvalue weighted by atomic mass is 16.5. The van der Waals surface area contributed by atoms with Crippen molar-refractivity contribution < 1.29 is 9.53 Å². The third-order valence-corrected chi connectivity index (χ3v) is 4.88. The largest absolute Gasteiger partial charge is 0.497 e. The van der Waals surface area contributed by atoms with E-state index in [-0.39, 0.29) is 5.91 Å². The molecule has 1 unspecified atom stereocenters. The molecule has 25 heavy (non-hydrogen) atoms. The van der Waals surface area contributed by atoms with Crippen LogP contribution >= 0.6 is 0 Å². The number of aryl methyl sites for hydroxylation is 2. The molecule has 2 heterocycles. The van der Waals surface area contributed by atoms with Crippen LogP contribution in [0.25, 0.3) is 0 Å². The van der Waals surface area contributed by atoms with Crippen molar-refractivity contribution in [3.63, 3.8) is 0 Å². The molecule has 1 amide bonds. The Morgan fingerprint density at radius 1 is 1.36 bits per heavy atom. The standard InChI is InChI=1S/C19H26N4O2/c1-13-19(14(2)22-21-13)17-5-4-11-23(17)12-10-18(24)20-15-6-8-16(25-3)9-7-15/h6-9,17H,4-5,10-12H2,1-3H3,(H,20,24)(H,21,22). The van der Waals surface area contributed by atoms with Gasteiger partial charge in [-0.25, -0.2) is 0 Å². The maximum absolute atomic E-state index is 12.3. The molecule has 3 rings (SSSR count). The molecule has 1 aliphatic heterocycles. The molecule has 0 bridgehead atoms. The fraction of sp³-hybridized carbons (Fsp3) is 0.474. The van der Waals surface area contributed by atoms with Crippen LogP contribution in [-0.4, -0.2) is 41.2 Å². The molecule has 134 valence electrons. The highest BCUT2D eigenvalue weighted by Crippen LogP contribution is 2.34. The highest BCUT2D eigenvalue weighted by molar-refractivity contribution is 5.90. The fourth-order valence-electron chi connectivity index (χ4n) is 3.61. The summed E-state index contributed by atoms with van der Waals surface area (Å²) in [6, 6.07) is 7.77. The number of carbonyl (C=O) groups excluding carboxylic acids is 1. The van der Waals surface area contributed by atoms with E-state index >= 15 is 0 Å². The topological polar surface area (TPSA) is 70.2 Å². The van der Waals surface area contributed by atoms with Gasteiger partial charge in [0.25, 0.3) is 0 Å². The molecule has 1 saturated heterocycles. The molecular formula is C19H26N4O2. The average Bonchev–Trinajstić information content (AvgIpc) is 3.19. The van der Waals surface area contributed by atoms with Crippen molar-refractivity contribution >= 4 is 11.6 Å². The van der Waals surface area contributed by atoms with E-state index in [1.807, 2.05) is 31.2 Å². The van der Waals surface area contributed by atoms with Crippen molar-refractivity contribution in [3.8, 4) is 5.75 Å². The number of ether oxygens (including phenoxy) is 1. The molecule has 0 saturated carbocycles. The number of aromatic nitrogens is 2. The van der Waals surface area contributed by atoms with E-state index in [0.29, 0.717) is 12.5 Å². The first kappa shape index (κ1) is 17.5. The monoisotopic (exact) mass is 342 g/mol. The summed E-state index contributed by atoms with van der Waals surface area (Å²) < 4.78 is 5.13. The van der Waals surface area contributed by atoms with E-state index in [1.54, 1.807) is 7.11 Å². The SMILES string of the molecule is COc1ccc(NC(=O)CCN2CCCC2c2c(C)n[nH]c2C)cc1. The van der Waals surface area contributed by atoms with Gasteiger partial charge in [0.1, 0.15) is 5.75 Å². The number of anilines is 1. The van der Waals surface area contributed by atoms with E-state index in [1.165, 1.54) is 5.56 Å². The lowest BCUT2D eigenvalue weighted by molar-refractivity contribution is -0.116. The lowest BCUT2D eigenvalue weighted by Gasteiger charge is -2.24. The quantitative estimate of drug-likeness (QED) is 0.846. The number of rotatable bonds is 6. The van der Waals surface area contributed by atoms with Gasteiger partial charge >= 0.3 is 0 Å². The fourth-order valence-corrected chi connectivity index (χ4v) is 3.61. The van der Waals surface area contributed by atoms with Crippen molar-refractivity contribution in [1.82, 2.24) is 15.1 Å². The molecule has 6 nitrogen and oxygen atoms in total. The Hall–Kier alpha value is -2.34. The van der Waals surface area contributed by atoms with E-state index in [4.69, 9.17) is 4.74 Å². The summed E-state index contributed by atoms with van der Waals surface area (Å²) in [5.74, 6) is 0.820. The summed E-state index contributed by atoms with van der Waals surface area (Å²) in [5, 5.41) is 10.3. The minimum atomic E-state index is 0.0384. The molecule has 6 heteroatoms. The van der Waals surface area contributed by atoms with Gasteiger partial charge in [0.2, 0.25) is 5.91 Å². The second-order valence-corrected chi connectivity index (χ2v) is 6.57. The first-order valence-corrected chi connectivity index (χ1v) is 8.78. The van der Waals surface area contributed by atoms with Crippen LogP contribution in [0.1, 0.15) is 42.3 Å². The highest BCUT2D eigenvalue weighted by Gasteiger charge is 2.29. The molecular weight excluding hydrogens is 316 g/mol. The Morgan fingerprint density at radius 2 is 2.12 bits per heavy atom. The van der Waals surface area contributed by atoms with E-state index < -0.39 is 0 Å². The molecule has 0 radical (unpaired) electrons. The predicted molar refractivity (Wildman–Crippen MR) is 97.9 cm³/mol. The zero-order valence-electron chi connectivity index (χ0n) is 15.1. The molecule has 1 atom stereocenters. The first-order chi connectivity index (χ1) is 12.1. The second-order valence-electron chi connectivity index (χ2n) is 6.57. The lowest BCUT2D eigenvalue weighted by Crippen LogP contribution is -2.28. The summed E-state index contributed by atoms with van der Waals surface area (Å²) in [7, 11) is 1.63. The van der Waals surface area contributed by atoms with Crippen LogP contribution in [-0.2, 0) is 4.79 Å². The number of nitrogens with zero attached hydrogens (tertiary/aromatic N) is 2. The van der Waals surface area contributed by atoms with Gasteiger partial charge in [-0.3, -0.25) is 14.8 Å². The number of likely N-dealkylation sites (tertiary alicyclic amines) is 1. The lowest BCUT2D eigenvalue weighted by atomic mass is 10.0. The molecule has 1 fully saturated rings. The third kappa shape index (κ3) is 4.02. The van der Waals surface area contributed by atoms with Gasteiger partial charge in [0.05, 0.1) is 12.8 Å². The third-order valence-electron chi connectivity index (χ3n) is 4.88. The van der Waals surface area contributed by atoms with E-state index in [9.17, 15) is 4.79 Å². The number of amides is 1. The number of aromatic amines is 1. The van der Waals surface area contributed by atoms with Crippen LogP contribution in [0, 0.1) is 13.8 Å². The van der Waals surface area contributed by atoms with Gasteiger partial charge in [0.15, 0.2) is 0 Å². The second kappa shape index (κ2) is 7.70. The number of H-pyrrole nitrogens is 1. The minimum absolute atomic E-state index is 0.0384. The van der Waals surface area contributed by atoms with E-state index in [2.05, 4.69) is 27.3 Å². The number of methoxy groups -OCH3 is 1. The molecule has 0 aliphatic carbocycles. The van der Waals surface area contributed by atoms with Crippen LogP contribution in [0.4, 0.5) is 5.69 Å². The average molecular weight is 342 g/mol. The van der Waals surface area contributed by atoms with Crippen LogP contribution in [0.5, 0.6) is 5.75 Å². The molecule has 0 spiro atoms. The van der Waals surface area contributed by atoms with Crippen molar-refractivity contribution in [2.24, 2.45) is 0 Å². The molecule has 2 aromatic rings.